The molecule has 128 valence electrons. The first-order valence-electron chi connectivity index (χ1n) is 7.77. The van der Waals surface area contributed by atoms with E-state index in [0.717, 1.165) is 16.4 Å². The van der Waals surface area contributed by atoms with Crippen molar-refractivity contribution in [2.45, 2.75) is 11.7 Å². The van der Waals surface area contributed by atoms with Gasteiger partial charge in [0.1, 0.15) is 5.69 Å². The largest absolute Gasteiger partial charge is 0.336 e. The van der Waals surface area contributed by atoms with Crippen LogP contribution in [0.25, 0.3) is 5.69 Å². The molecule has 4 nitrogen and oxygen atoms in total. The molecule has 25 heavy (non-hydrogen) atoms. The maximum atomic E-state index is 13.0. The van der Waals surface area contributed by atoms with Gasteiger partial charge in [-0.2, -0.15) is 0 Å². The number of carbonyl (C=O) groups excluding carboxylic acids is 1. The van der Waals surface area contributed by atoms with Gasteiger partial charge in [0.25, 0.3) is 5.91 Å². The quantitative estimate of drug-likeness (QED) is 0.619. The Balaban J connectivity index is 1.89. The number of aromatic nitrogens is 2. The van der Waals surface area contributed by atoms with E-state index in [4.69, 9.17) is 11.6 Å². The lowest BCUT2D eigenvalue weighted by Crippen LogP contribution is -2.28. The molecule has 0 atom stereocenters. The van der Waals surface area contributed by atoms with Crippen LogP contribution >= 0.6 is 23.4 Å². The Labute approximate surface area is 156 Å². The molecule has 0 spiro atoms. The number of para-hydroxylation sites is 1. The van der Waals surface area contributed by atoms with Gasteiger partial charge in [0.2, 0.25) is 0 Å². The van der Waals surface area contributed by atoms with Crippen molar-refractivity contribution in [1.29, 1.82) is 0 Å². The number of rotatable bonds is 5. The summed E-state index contributed by atoms with van der Waals surface area (Å²) >= 11 is 7.43. The lowest BCUT2D eigenvalue weighted by Gasteiger charge is -2.19. The van der Waals surface area contributed by atoms with Crippen molar-refractivity contribution in [1.82, 2.24) is 14.5 Å². The Kier molecular flexibility index (Phi) is 5.46. The average molecular weight is 372 g/mol. The van der Waals surface area contributed by atoms with Crippen LogP contribution < -0.4 is 0 Å². The summed E-state index contributed by atoms with van der Waals surface area (Å²) in [5.41, 5.74) is 2.50. The molecule has 0 N–H and O–H groups in total. The molecule has 3 aromatic rings. The number of thioether (sulfide) groups is 1. The minimum atomic E-state index is -0.0772. The van der Waals surface area contributed by atoms with Gasteiger partial charge in [0.05, 0.1) is 6.20 Å². The van der Waals surface area contributed by atoms with E-state index >= 15 is 0 Å². The van der Waals surface area contributed by atoms with E-state index in [1.54, 1.807) is 18.1 Å². The molecule has 1 amide bonds. The second kappa shape index (κ2) is 7.76. The zero-order valence-electron chi connectivity index (χ0n) is 14.0. The Morgan fingerprint density at radius 2 is 1.84 bits per heavy atom. The fraction of sp³-hybridized carbons (Fsp3) is 0.158. The number of hydrogen-bond donors (Lipinski definition) is 0. The molecule has 3 rings (SSSR count). The predicted molar refractivity (Wildman–Crippen MR) is 103 cm³/mol. The van der Waals surface area contributed by atoms with Crippen LogP contribution in [0.1, 0.15) is 16.1 Å². The van der Waals surface area contributed by atoms with Crippen LogP contribution in [-0.4, -0.2) is 33.7 Å². The van der Waals surface area contributed by atoms with Gasteiger partial charge in [-0.15, -0.1) is 0 Å². The normalized spacial score (nSPS) is 10.7. The lowest BCUT2D eigenvalue weighted by molar-refractivity contribution is 0.0776. The van der Waals surface area contributed by atoms with E-state index < -0.39 is 0 Å². The molecule has 2 aromatic carbocycles. The van der Waals surface area contributed by atoms with Gasteiger partial charge < -0.3 is 4.90 Å². The summed E-state index contributed by atoms with van der Waals surface area (Å²) in [6.45, 7) is 0.505. The standard InChI is InChI=1S/C19H18ClN3OS/c1-22(13-14-8-10-15(20)11-9-14)18(24)17-12-21-19(25-2)23(17)16-6-4-3-5-7-16/h3-12H,13H2,1-2H3. The van der Waals surface area contributed by atoms with Crippen LogP contribution in [0.2, 0.25) is 5.02 Å². The van der Waals surface area contributed by atoms with E-state index in [1.165, 1.54) is 11.8 Å². The van der Waals surface area contributed by atoms with Crippen molar-refractivity contribution in [3.05, 3.63) is 77.1 Å². The van der Waals surface area contributed by atoms with Crippen LogP contribution in [0.3, 0.4) is 0 Å². The van der Waals surface area contributed by atoms with Gasteiger partial charge in [-0.3, -0.25) is 9.36 Å². The number of benzene rings is 2. The van der Waals surface area contributed by atoms with Crippen LogP contribution in [-0.2, 0) is 6.54 Å². The fourth-order valence-corrected chi connectivity index (χ4v) is 3.26. The number of imidazole rings is 1. The van der Waals surface area contributed by atoms with E-state index in [2.05, 4.69) is 4.98 Å². The number of hydrogen-bond acceptors (Lipinski definition) is 3. The molecule has 1 aromatic heterocycles. The maximum absolute atomic E-state index is 13.0. The highest BCUT2D eigenvalue weighted by Crippen LogP contribution is 2.23. The van der Waals surface area contributed by atoms with Crippen LogP contribution in [0, 0.1) is 0 Å². The first-order chi connectivity index (χ1) is 12.1. The minimum absolute atomic E-state index is 0.0772. The topological polar surface area (TPSA) is 38.1 Å². The molecule has 0 bridgehead atoms. The number of nitrogens with zero attached hydrogens (tertiary/aromatic N) is 3. The van der Waals surface area contributed by atoms with Crippen molar-refractivity contribution >= 4 is 29.3 Å². The van der Waals surface area contributed by atoms with Crippen molar-refractivity contribution in [2.24, 2.45) is 0 Å². The van der Waals surface area contributed by atoms with Crippen molar-refractivity contribution in [3.63, 3.8) is 0 Å². The van der Waals surface area contributed by atoms with Crippen molar-refractivity contribution < 1.29 is 4.79 Å². The monoisotopic (exact) mass is 371 g/mol. The smallest absolute Gasteiger partial charge is 0.272 e. The van der Waals surface area contributed by atoms with E-state index in [0.29, 0.717) is 17.3 Å². The molecular formula is C19H18ClN3OS. The second-order valence-corrected chi connectivity index (χ2v) is 6.80. The predicted octanol–water partition coefficient (Wildman–Crippen LogP) is 4.52. The van der Waals surface area contributed by atoms with Gasteiger partial charge in [0, 0.05) is 24.3 Å². The molecule has 0 saturated carbocycles. The first kappa shape index (κ1) is 17.6. The van der Waals surface area contributed by atoms with Gasteiger partial charge >= 0.3 is 0 Å². The number of amides is 1. The van der Waals surface area contributed by atoms with Gasteiger partial charge in [0.15, 0.2) is 5.16 Å². The highest BCUT2D eigenvalue weighted by molar-refractivity contribution is 7.98. The molecular weight excluding hydrogens is 354 g/mol. The molecule has 6 heteroatoms. The summed E-state index contributed by atoms with van der Waals surface area (Å²) in [4.78, 5) is 19.0. The van der Waals surface area contributed by atoms with E-state index in [-0.39, 0.29) is 5.91 Å². The molecule has 0 aliphatic rings. The highest BCUT2D eigenvalue weighted by Gasteiger charge is 2.20. The third-order valence-electron chi connectivity index (χ3n) is 3.83. The number of carbonyl (C=O) groups is 1. The zero-order chi connectivity index (χ0) is 17.8. The average Bonchev–Trinajstić information content (AvgIpc) is 3.07. The molecule has 0 unspecified atom stereocenters. The summed E-state index contributed by atoms with van der Waals surface area (Å²) in [5, 5.41) is 1.47. The Hall–Kier alpha value is -2.24. The summed E-state index contributed by atoms with van der Waals surface area (Å²) in [6, 6.07) is 17.3. The summed E-state index contributed by atoms with van der Waals surface area (Å²) < 4.78 is 1.89. The zero-order valence-corrected chi connectivity index (χ0v) is 15.6. The summed E-state index contributed by atoms with van der Waals surface area (Å²) in [5.74, 6) is -0.0772. The van der Waals surface area contributed by atoms with Crippen LogP contribution in [0.4, 0.5) is 0 Å². The van der Waals surface area contributed by atoms with Crippen molar-refractivity contribution in [2.75, 3.05) is 13.3 Å². The molecule has 1 heterocycles. The second-order valence-electron chi connectivity index (χ2n) is 5.59. The Morgan fingerprint density at radius 1 is 1.16 bits per heavy atom. The summed E-state index contributed by atoms with van der Waals surface area (Å²) in [7, 11) is 1.79. The minimum Gasteiger partial charge on any atom is -0.336 e. The SMILES string of the molecule is CSc1ncc(C(=O)N(C)Cc2ccc(Cl)cc2)n1-c1ccccc1. The van der Waals surface area contributed by atoms with E-state index in [1.807, 2.05) is 65.4 Å². The van der Waals surface area contributed by atoms with E-state index in [9.17, 15) is 4.79 Å². The van der Waals surface area contributed by atoms with Crippen molar-refractivity contribution in [3.8, 4) is 5.69 Å². The molecule has 0 aliphatic heterocycles. The molecule has 0 saturated heterocycles. The third kappa shape index (κ3) is 3.89. The molecule has 0 radical (unpaired) electrons. The summed E-state index contributed by atoms with van der Waals surface area (Å²) in [6.07, 6.45) is 3.59. The first-order valence-corrected chi connectivity index (χ1v) is 9.37. The van der Waals surface area contributed by atoms with Crippen LogP contribution in [0.5, 0.6) is 0 Å². The highest BCUT2D eigenvalue weighted by atomic mass is 35.5. The van der Waals surface area contributed by atoms with Crippen LogP contribution in [0.15, 0.2) is 66.0 Å². The fourth-order valence-electron chi connectivity index (χ4n) is 2.59. The Bertz CT molecular complexity index is 862. The third-order valence-corrected chi connectivity index (χ3v) is 4.73. The Morgan fingerprint density at radius 3 is 2.48 bits per heavy atom. The molecule has 0 aliphatic carbocycles. The maximum Gasteiger partial charge on any atom is 0.272 e. The molecule has 0 fully saturated rings. The van der Waals surface area contributed by atoms with Gasteiger partial charge in [-0.05, 0) is 36.1 Å². The lowest BCUT2D eigenvalue weighted by atomic mass is 10.2. The van der Waals surface area contributed by atoms with Gasteiger partial charge in [-0.1, -0.05) is 53.7 Å². The van der Waals surface area contributed by atoms with Gasteiger partial charge in [-0.25, -0.2) is 4.98 Å². The number of halogens is 1.